The second kappa shape index (κ2) is 7.46. The molecular formula is C11H23N3O2. The molecular weight excluding hydrogens is 206 g/mol. The number of rotatable bonds is 5. The lowest BCUT2D eigenvalue weighted by Crippen LogP contribution is -2.45. The molecule has 0 bridgehead atoms. The van der Waals surface area contributed by atoms with Gasteiger partial charge in [0, 0.05) is 32.7 Å². The monoisotopic (exact) mass is 229 g/mol. The minimum Gasteiger partial charge on any atom is -0.392 e. The van der Waals surface area contributed by atoms with E-state index in [1.807, 2.05) is 4.90 Å². The number of nitrogens with one attached hydrogen (secondary N) is 2. The maximum absolute atomic E-state index is 11.6. The van der Waals surface area contributed by atoms with Gasteiger partial charge in [-0.1, -0.05) is 0 Å². The molecule has 1 atom stereocenters. The largest absolute Gasteiger partial charge is 0.392 e. The molecule has 0 aromatic carbocycles. The van der Waals surface area contributed by atoms with Gasteiger partial charge in [0.05, 0.1) is 6.10 Å². The Morgan fingerprint density at radius 2 is 2.00 bits per heavy atom. The Kier molecular flexibility index (Phi) is 6.18. The van der Waals surface area contributed by atoms with Crippen LogP contribution in [0.4, 0.5) is 4.79 Å². The number of likely N-dealkylation sites (tertiary alicyclic amines) is 1. The molecule has 1 fully saturated rings. The normalized spacial score (nSPS) is 18.2. The lowest BCUT2D eigenvalue weighted by molar-refractivity contribution is 0.184. The maximum atomic E-state index is 11.6. The summed E-state index contributed by atoms with van der Waals surface area (Å²) in [6.07, 6.45) is 3.14. The van der Waals surface area contributed by atoms with E-state index >= 15 is 0 Å². The topological polar surface area (TPSA) is 64.6 Å². The lowest BCUT2D eigenvalue weighted by atomic mass is 10.1. The van der Waals surface area contributed by atoms with Gasteiger partial charge in [-0.3, -0.25) is 0 Å². The molecule has 3 N–H and O–H groups in total. The highest BCUT2D eigenvalue weighted by atomic mass is 16.3. The van der Waals surface area contributed by atoms with E-state index in [0.29, 0.717) is 19.6 Å². The molecule has 0 spiro atoms. The number of piperidine rings is 1. The standard InChI is InChI=1S/C11H23N3O2/c1-10(15)9-12-5-6-13-11(16)14-7-3-2-4-8-14/h10,12,15H,2-9H2,1H3,(H,13,16). The first kappa shape index (κ1) is 13.3. The lowest BCUT2D eigenvalue weighted by Gasteiger charge is -2.26. The molecule has 1 unspecified atom stereocenters. The molecule has 0 radical (unpaired) electrons. The summed E-state index contributed by atoms with van der Waals surface area (Å²) < 4.78 is 0. The third-order valence-corrected chi connectivity index (χ3v) is 2.66. The summed E-state index contributed by atoms with van der Waals surface area (Å²) in [7, 11) is 0. The summed E-state index contributed by atoms with van der Waals surface area (Å²) in [4.78, 5) is 13.5. The van der Waals surface area contributed by atoms with E-state index in [-0.39, 0.29) is 12.1 Å². The van der Waals surface area contributed by atoms with Crippen molar-refractivity contribution >= 4 is 6.03 Å². The predicted molar refractivity (Wildman–Crippen MR) is 63.4 cm³/mol. The first-order chi connectivity index (χ1) is 7.70. The molecule has 94 valence electrons. The van der Waals surface area contributed by atoms with Crippen LogP contribution in [0, 0.1) is 0 Å². The second-order valence-electron chi connectivity index (χ2n) is 4.33. The van der Waals surface area contributed by atoms with Gasteiger partial charge in [-0.05, 0) is 26.2 Å². The summed E-state index contributed by atoms with van der Waals surface area (Å²) in [6, 6.07) is 0.0403. The molecule has 1 rings (SSSR count). The van der Waals surface area contributed by atoms with Gasteiger partial charge in [0.25, 0.3) is 0 Å². The molecule has 5 heteroatoms. The third-order valence-electron chi connectivity index (χ3n) is 2.66. The summed E-state index contributed by atoms with van der Waals surface area (Å²) in [6.45, 7) is 5.38. The molecule has 0 aliphatic carbocycles. The van der Waals surface area contributed by atoms with Gasteiger partial charge in [-0.15, -0.1) is 0 Å². The van der Waals surface area contributed by atoms with Gasteiger partial charge < -0.3 is 20.6 Å². The van der Waals surface area contributed by atoms with Crippen LogP contribution < -0.4 is 10.6 Å². The molecule has 1 aliphatic heterocycles. The SMILES string of the molecule is CC(O)CNCCNC(=O)N1CCCCC1. The minimum absolute atomic E-state index is 0.0403. The van der Waals surface area contributed by atoms with Crippen LogP contribution in [0.2, 0.25) is 0 Å². The first-order valence-corrected chi connectivity index (χ1v) is 6.11. The molecule has 0 aromatic heterocycles. The summed E-state index contributed by atoms with van der Waals surface area (Å²) in [5.74, 6) is 0. The molecule has 16 heavy (non-hydrogen) atoms. The number of aliphatic hydroxyl groups is 1. The van der Waals surface area contributed by atoms with Gasteiger partial charge in [-0.25, -0.2) is 4.79 Å². The van der Waals surface area contributed by atoms with E-state index in [4.69, 9.17) is 5.11 Å². The average molecular weight is 229 g/mol. The minimum atomic E-state index is -0.335. The summed E-state index contributed by atoms with van der Waals surface area (Å²) >= 11 is 0. The molecule has 0 saturated carbocycles. The molecule has 2 amide bonds. The smallest absolute Gasteiger partial charge is 0.317 e. The van der Waals surface area contributed by atoms with Crippen molar-refractivity contribution < 1.29 is 9.90 Å². The summed E-state index contributed by atoms with van der Waals surface area (Å²) in [5, 5.41) is 14.9. The highest BCUT2D eigenvalue weighted by molar-refractivity contribution is 5.74. The number of carbonyl (C=O) groups is 1. The van der Waals surface area contributed by atoms with Gasteiger partial charge in [0.2, 0.25) is 0 Å². The van der Waals surface area contributed by atoms with E-state index < -0.39 is 0 Å². The Labute approximate surface area is 97.2 Å². The Bertz CT molecular complexity index is 203. The average Bonchev–Trinajstić information content (AvgIpc) is 2.29. The van der Waals surface area contributed by atoms with Crippen LogP contribution in [-0.4, -0.2) is 54.9 Å². The van der Waals surface area contributed by atoms with E-state index in [0.717, 1.165) is 25.9 Å². The predicted octanol–water partition coefficient (Wildman–Crippen LogP) is 0.152. The number of urea groups is 1. The Hall–Kier alpha value is -0.810. The van der Waals surface area contributed by atoms with Crippen molar-refractivity contribution in [3.63, 3.8) is 0 Å². The number of carbonyl (C=O) groups excluding carboxylic acids is 1. The quantitative estimate of drug-likeness (QED) is 0.588. The zero-order chi connectivity index (χ0) is 11.8. The Balaban J connectivity index is 2.01. The van der Waals surface area contributed by atoms with Crippen molar-refractivity contribution in [3.8, 4) is 0 Å². The number of nitrogens with zero attached hydrogens (tertiary/aromatic N) is 1. The van der Waals surface area contributed by atoms with Gasteiger partial charge in [0.15, 0.2) is 0 Å². The number of amides is 2. The molecule has 1 aliphatic rings. The number of hydrogen-bond acceptors (Lipinski definition) is 3. The van der Waals surface area contributed by atoms with Crippen molar-refractivity contribution in [1.29, 1.82) is 0 Å². The van der Waals surface area contributed by atoms with Crippen LogP contribution in [-0.2, 0) is 0 Å². The Morgan fingerprint density at radius 1 is 1.31 bits per heavy atom. The molecule has 1 saturated heterocycles. The second-order valence-corrected chi connectivity index (χ2v) is 4.33. The number of hydrogen-bond donors (Lipinski definition) is 3. The maximum Gasteiger partial charge on any atom is 0.317 e. The van der Waals surface area contributed by atoms with Gasteiger partial charge in [-0.2, -0.15) is 0 Å². The summed E-state index contributed by atoms with van der Waals surface area (Å²) in [5.41, 5.74) is 0. The fraction of sp³-hybridized carbons (Fsp3) is 0.909. The van der Waals surface area contributed by atoms with Crippen LogP contribution in [0.1, 0.15) is 26.2 Å². The molecule has 0 aromatic rings. The van der Waals surface area contributed by atoms with Crippen LogP contribution in [0.3, 0.4) is 0 Å². The fourth-order valence-electron chi connectivity index (χ4n) is 1.78. The first-order valence-electron chi connectivity index (χ1n) is 6.11. The fourth-order valence-corrected chi connectivity index (χ4v) is 1.78. The van der Waals surface area contributed by atoms with Crippen LogP contribution in [0.25, 0.3) is 0 Å². The van der Waals surface area contributed by atoms with E-state index in [9.17, 15) is 4.79 Å². The van der Waals surface area contributed by atoms with Gasteiger partial charge in [0.1, 0.15) is 0 Å². The van der Waals surface area contributed by atoms with E-state index in [1.54, 1.807) is 6.92 Å². The van der Waals surface area contributed by atoms with Crippen LogP contribution in [0.15, 0.2) is 0 Å². The zero-order valence-electron chi connectivity index (χ0n) is 10.0. The van der Waals surface area contributed by atoms with Crippen LogP contribution >= 0.6 is 0 Å². The highest BCUT2D eigenvalue weighted by Gasteiger charge is 2.15. The van der Waals surface area contributed by atoms with Crippen molar-refractivity contribution in [1.82, 2.24) is 15.5 Å². The third kappa shape index (κ3) is 5.32. The van der Waals surface area contributed by atoms with E-state index in [1.165, 1.54) is 6.42 Å². The van der Waals surface area contributed by atoms with Crippen molar-refractivity contribution in [3.05, 3.63) is 0 Å². The van der Waals surface area contributed by atoms with Crippen molar-refractivity contribution in [2.75, 3.05) is 32.7 Å². The van der Waals surface area contributed by atoms with Crippen molar-refractivity contribution in [2.45, 2.75) is 32.3 Å². The van der Waals surface area contributed by atoms with Gasteiger partial charge >= 0.3 is 6.03 Å². The highest BCUT2D eigenvalue weighted by Crippen LogP contribution is 2.07. The molecule has 5 nitrogen and oxygen atoms in total. The van der Waals surface area contributed by atoms with Crippen molar-refractivity contribution in [2.24, 2.45) is 0 Å². The molecule has 1 heterocycles. The number of aliphatic hydroxyl groups excluding tert-OH is 1. The van der Waals surface area contributed by atoms with E-state index in [2.05, 4.69) is 10.6 Å². The zero-order valence-corrected chi connectivity index (χ0v) is 10.0. The Morgan fingerprint density at radius 3 is 2.62 bits per heavy atom. The van der Waals surface area contributed by atoms with Crippen LogP contribution in [0.5, 0.6) is 0 Å².